The molecule has 0 aliphatic carbocycles. The molecule has 1 aromatic rings. The lowest BCUT2D eigenvalue weighted by Gasteiger charge is -2.08. The lowest BCUT2D eigenvalue weighted by molar-refractivity contribution is 0.184. The number of halogens is 2. The smallest absolute Gasteiger partial charge is 0.0738 e. The van der Waals surface area contributed by atoms with E-state index >= 15 is 0 Å². The Morgan fingerprint density at radius 3 is 2.69 bits per heavy atom. The van der Waals surface area contributed by atoms with Crippen molar-refractivity contribution >= 4 is 27.5 Å². The minimum absolute atomic E-state index is 0.492. The van der Waals surface area contributed by atoms with Crippen LogP contribution < -0.4 is 5.73 Å². The number of rotatable bonds is 3. The predicted octanol–water partition coefficient (Wildman–Crippen LogP) is 2.71. The Kier molecular flexibility index (Phi) is 4.19. The summed E-state index contributed by atoms with van der Waals surface area (Å²) in [6.45, 7) is 0.996. The van der Waals surface area contributed by atoms with Gasteiger partial charge in [0.25, 0.3) is 0 Å². The third-order valence-electron chi connectivity index (χ3n) is 1.73. The van der Waals surface area contributed by atoms with Crippen molar-refractivity contribution in [2.45, 2.75) is 13.2 Å². The number of nitrogens with two attached hydrogens (primary N) is 1. The molecule has 0 amide bonds. The van der Waals surface area contributed by atoms with Crippen molar-refractivity contribution in [3.63, 3.8) is 0 Å². The Labute approximate surface area is 91.2 Å². The van der Waals surface area contributed by atoms with Gasteiger partial charge in [-0.15, -0.1) is 0 Å². The molecule has 2 nitrogen and oxygen atoms in total. The Morgan fingerprint density at radius 2 is 2.23 bits per heavy atom. The highest BCUT2D eigenvalue weighted by Crippen LogP contribution is 2.27. The van der Waals surface area contributed by atoms with Gasteiger partial charge in [-0.05, 0) is 17.7 Å². The van der Waals surface area contributed by atoms with Crippen LogP contribution in [0.2, 0.25) is 5.02 Å². The lowest BCUT2D eigenvalue weighted by atomic mass is 10.1. The number of hydrogen-bond acceptors (Lipinski definition) is 2. The Balaban J connectivity index is 3.07. The van der Waals surface area contributed by atoms with Gasteiger partial charge >= 0.3 is 0 Å². The van der Waals surface area contributed by atoms with Crippen LogP contribution in [0.25, 0.3) is 0 Å². The first-order chi connectivity index (χ1) is 6.19. The fraction of sp³-hybridized carbons (Fsp3) is 0.333. The molecular weight excluding hydrogens is 253 g/mol. The molecule has 0 saturated heterocycles. The van der Waals surface area contributed by atoms with Crippen molar-refractivity contribution in [3.8, 4) is 0 Å². The molecule has 0 spiro atoms. The normalized spacial score (nSPS) is 10.5. The van der Waals surface area contributed by atoms with E-state index in [-0.39, 0.29) is 0 Å². The van der Waals surface area contributed by atoms with Crippen molar-refractivity contribution in [1.82, 2.24) is 0 Å². The second-order valence-electron chi connectivity index (χ2n) is 2.68. The summed E-state index contributed by atoms with van der Waals surface area (Å²) < 4.78 is 5.96. The molecule has 0 bridgehead atoms. The summed E-state index contributed by atoms with van der Waals surface area (Å²) >= 11 is 9.45. The Morgan fingerprint density at radius 1 is 1.54 bits per heavy atom. The van der Waals surface area contributed by atoms with E-state index in [9.17, 15) is 0 Å². The second kappa shape index (κ2) is 4.96. The van der Waals surface area contributed by atoms with E-state index in [4.69, 9.17) is 22.1 Å². The van der Waals surface area contributed by atoms with Crippen LogP contribution in [0, 0.1) is 0 Å². The lowest BCUT2D eigenvalue weighted by Crippen LogP contribution is -1.98. The highest BCUT2D eigenvalue weighted by atomic mass is 79.9. The molecule has 0 radical (unpaired) electrons. The highest BCUT2D eigenvalue weighted by molar-refractivity contribution is 9.10. The molecule has 0 fully saturated rings. The standard InChI is InChI=1S/C9H11BrClNO/c1-13-5-7-8(10)2-6(4-12)3-9(7)11/h2-3H,4-5,12H2,1H3. The van der Waals surface area contributed by atoms with Crippen LogP contribution in [0.1, 0.15) is 11.1 Å². The first-order valence-electron chi connectivity index (χ1n) is 3.84. The Hall–Kier alpha value is -0.0900. The fourth-order valence-corrected chi connectivity index (χ4v) is 2.09. The summed E-state index contributed by atoms with van der Waals surface area (Å²) in [4.78, 5) is 0. The van der Waals surface area contributed by atoms with E-state index in [1.165, 1.54) is 0 Å². The minimum atomic E-state index is 0.492. The van der Waals surface area contributed by atoms with E-state index in [1.54, 1.807) is 7.11 Å². The molecule has 13 heavy (non-hydrogen) atoms. The maximum absolute atomic E-state index is 6.03. The molecule has 0 aliphatic rings. The van der Waals surface area contributed by atoms with E-state index < -0.39 is 0 Å². The third-order valence-corrected chi connectivity index (χ3v) is 2.77. The maximum Gasteiger partial charge on any atom is 0.0738 e. The van der Waals surface area contributed by atoms with E-state index in [2.05, 4.69) is 15.9 Å². The molecule has 1 aromatic carbocycles. The average molecular weight is 265 g/mol. The van der Waals surface area contributed by atoms with Crippen molar-refractivity contribution in [2.24, 2.45) is 5.73 Å². The van der Waals surface area contributed by atoms with E-state index in [1.807, 2.05) is 12.1 Å². The molecule has 1 rings (SSSR count). The van der Waals surface area contributed by atoms with Crippen LogP contribution in [0.5, 0.6) is 0 Å². The summed E-state index contributed by atoms with van der Waals surface area (Å²) in [5.74, 6) is 0. The van der Waals surface area contributed by atoms with E-state index in [0.29, 0.717) is 18.2 Å². The van der Waals surface area contributed by atoms with Gasteiger partial charge in [0.15, 0.2) is 0 Å². The van der Waals surface area contributed by atoms with Gasteiger partial charge in [0.05, 0.1) is 6.61 Å². The molecule has 4 heteroatoms. The van der Waals surface area contributed by atoms with Gasteiger partial charge in [0.1, 0.15) is 0 Å². The molecule has 2 N–H and O–H groups in total. The second-order valence-corrected chi connectivity index (χ2v) is 3.94. The zero-order valence-electron chi connectivity index (χ0n) is 7.31. The number of hydrogen-bond donors (Lipinski definition) is 1. The molecular formula is C9H11BrClNO. The van der Waals surface area contributed by atoms with Gasteiger partial charge < -0.3 is 10.5 Å². The summed E-state index contributed by atoms with van der Waals surface area (Å²) in [5.41, 5.74) is 7.47. The van der Waals surface area contributed by atoms with Crippen molar-refractivity contribution in [2.75, 3.05) is 7.11 Å². The molecule has 0 saturated carbocycles. The molecule has 72 valence electrons. The van der Waals surface area contributed by atoms with Crippen LogP contribution in [-0.2, 0) is 17.9 Å². The van der Waals surface area contributed by atoms with E-state index in [0.717, 1.165) is 15.6 Å². The summed E-state index contributed by atoms with van der Waals surface area (Å²) in [5, 5.41) is 0.691. The zero-order chi connectivity index (χ0) is 9.84. The largest absolute Gasteiger partial charge is 0.380 e. The fourth-order valence-electron chi connectivity index (χ4n) is 1.06. The molecule has 0 aromatic heterocycles. The van der Waals surface area contributed by atoms with Gasteiger partial charge in [0.2, 0.25) is 0 Å². The number of ether oxygens (including phenoxy) is 1. The van der Waals surface area contributed by atoms with Crippen LogP contribution in [0.4, 0.5) is 0 Å². The topological polar surface area (TPSA) is 35.2 Å². The van der Waals surface area contributed by atoms with Gasteiger partial charge in [-0.1, -0.05) is 27.5 Å². The predicted molar refractivity (Wildman–Crippen MR) is 57.8 cm³/mol. The molecule has 0 aliphatic heterocycles. The summed E-state index contributed by atoms with van der Waals surface area (Å²) in [6, 6.07) is 3.82. The van der Waals surface area contributed by atoms with Crippen LogP contribution in [-0.4, -0.2) is 7.11 Å². The zero-order valence-corrected chi connectivity index (χ0v) is 9.65. The summed E-state index contributed by atoms with van der Waals surface area (Å²) in [6.07, 6.45) is 0. The van der Waals surface area contributed by atoms with Gasteiger partial charge in [-0.3, -0.25) is 0 Å². The Bertz CT molecular complexity index is 281. The number of methoxy groups -OCH3 is 1. The summed E-state index contributed by atoms with van der Waals surface area (Å²) in [7, 11) is 1.64. The SMILES string of the molecule is COCc1c(Cl)cc(CN)cc1Br. The molecule has 0 unspecified atom stereocenters. The monoisotopic (exact) mass is 263 g/mol. The van der Waals surface area contributed by atoms with Gasteiger partial charge in [-0.25, -0.2) is 0 Å². The first-order valence-corrected chi connectivity index (χ1v) is 5.02. The van der Waals surface area contributed by atoms with Crippen LogP contribution in [0.3, 0.4) is 0 Å². The first kappa shape index (κ1) is 11.0. The number of benzene rings is 1. The maximum atomic E-state index is 6.03. The quantitative estimate of drug-likeness (QED) is 0.911. The van der Waals surface area contributed by atoms with Gasteiger partial charge in [0, 0.05) is 28.7 Å². The van der Waals surface area contributed by atoms with Gasteiger partial charge in [-0.2, -0.15) is 0 Å². The molecule has 0 atom stereocenters. The molecule has 0 heterocycles. The van der Waals surface area contributed by atoms with Crippen molar-refractivity contribution in [3.05, 3.63) is 32.8 Å². The van der Waals surface area contributed by atoms with Crippen molar-refractivity contribution < 1.29 is 4.74 Å². The third kappa shape index (κ3) is 2.68. The van der Waals surface area contributed by atoms with Crippen molar-refractivity contribution in [1.29, 1.82) is 0 Å². The van der Waals surface area contributed by atoms with Crippen LogP contribution >= 0.6 is 27.5 Å². The van der Waals surface area contributed by atoms with Crippen LogP contribution in [0.15, 0.2) is 16.6 Å². The highest BCUT2D eigenvalue weighted by Gasteiger charge is 2.06. The average Bonchev–Trinajstić information content (AvgIpc) is 2.11. The minimum Gasteiger partial charge on any atom is -0.380 e.